The van der Waals surface area contributed by atoms with E-state index in [9.17, 15) is 0 Å². The third kappa shape index (κ3) is 8.92. The molecule has 1 aliphatic carbocycles. The summed E-state index contributed by atoms with van der Waals surface area (Å²) < 4.78 is 0. The van der Waals surface area contributed by atoms with E-state index in [0.29, 0.717) is 5.92 Å². The van der Waals surface area contributed by atoms with Crippen LogP contribution in [0.15, 0.2) is 207 Å². The first-order valence-electron chi connectivity index (χ1n) is 23.2. The van der Waals surface area contributed by atoms with Crippen LogP contribution >= 0.6 is 0 Å². The lowest BCUT2D eigenvalue weighted by molar-refractivity contribution is 0.420. The average molecular weight is 827 g/mol. The van der Waals surface area contributed by atoms with Crippen LogP contribution in [0.25, 0.3) is 83.5 Å². The molecule has 0 nitrogen and oxygen atoms in total. The van der Waals surface area contributed by atoms with E-state index in [-0.39, 0.29) is 0 Å². The van der Waals surface area contributed by atoms with E-state index < -0.39 is 0 Å². The van der Waals surface area contributed by atoms with E-state index in [0.717, 1.165) is 12.8 Å². The van der Waals surface area contributed by atoms with Gasteiger partial charge in [-0.3, -0.25) is 0 Å². The maximum Gasteiger partial charge on any atom is -0.0140 e. The quantitative estimate of drug-likeness (QED) is 0.102. The van der Waals surface area contributed by atoms with Crippen molar-refractivity contribution in [1.82, 2.24) is 0 Å². The molecule has 1 aliphatic rings. The Hall–Kier alpha value is -7.02. The van der Waals surface area contributed by atoms with Gasteiger partial charge in [0.05, 0.1) is 0 Å². The minimum Gasteiger partial charge on any atom is -0.0991 e. The van der Waals surface area contributed by atoms with Crippen LogP contribution in [0.1, 0.15) is 73.3 Å². The van der Waals surface area contributed by atoms with Crippen LogP contribution in [0.5, 0.6) is 0 Å². The first kappa shape index (κ1) is 42.3. The maximum absolute atomic E-state index is 3.92. The van der Waals surface area contributed by atoms with Crippen LogP contribution in [0.3, 0.4) is 0 Å². The first-order chi connectivity index (χ1) is 31.4. The molecule has 0 radical (unpaired) electrons. The molecule has 0 spiro atoms. The second-order valence-electron chi connectivity index (χ2n) is 17.6. The lowest BCUT2D eigenvalue weighted by Crippen LogP contribution is -2.11. The minimum absolute atomic E-state index is 0.600. The molecule has 314 valence electrons. The molecule has 0 heterocycles. The molecule has 0 aliphatic heterocycles. The van der Waals surface area contributed by atoms with Crippen LogP contribution in [0.2, 0.25) is 0 Å². The summed E-state index contributed by atoms with van der Waals surface area (Å²) in [5.41, 5.74) is 25.7. The van der Waals surface area contributed by atoms with Gasteiger partial charge in [0.15, 0.2) is 0 Å². The number of allylic oxidation sites excluding steroid dienone is 5. The molecule has 0 unspecified atom stereocenters. The molecular formula is C64H58. The van der Waals surface area contributed by atoms with Crippen LogP contribution in [0.4, 0.5) is 0 Å². The van der Waals surface area contributed by atoms with Crippen molar-refractivity contribution in [2.24, 2.45) is 0 Å². The zero-order valence-corrected chi connectivity index (χ0v) is 37.9. The van der Waals surface area contributed by atoms with Gasteiger partial charge in [0.1, 0.15) is 0 Å². The number of hydrogen-bond acceptors (Lipinski definition) is 0. The summed E-state index contributed by atoms with van der Waals surface area (Å²) in [7, 11) is 0. The summed E-state index contributed by atoms with van der Waals surface area (Å²) in [6.45, 7) is 13.0. The molecule has 0 aromatic heterocycles. The predicted octanol–water partition coefficient (Wildman–Crippen LogP) is 18.3. The highest BCUT2D eigenvalue weighted by atomic mass is 14.3. The third-order valence-electron chi connectivity index (χ3n) is 13.3. The fraction of sp³-hybridized carbons (Fsp3) is 0.156. The van der Waals surface area contributed by atoms with Crippen molar-refractivity contribution in [2.45, 2.75) is 65.7 Å². The highest BCUT2D eigenvalue weighted by molar-refractivity contribution is 5.87. The van der Waals surface area contributed by atoms with Gasteiger partial charge in [0.2, 0.25) is 0 Å². The highest BCUT2D eigenvalue weighted by Gasteiger charge is 2.25. The Morgan fingerprint density at radius 1 is 0.500 bits per heavy atom. The zero-order chi connectivity index (χ0) is 44.0. The summed E-state index contributed by atoms with van der Waals surface area (Å²) in [5, 5.41) is 0. The number of benzene rings is 8. The van der Waals surface area contributed by atoms with E-state index in [1.54, 1.807) is 0 Å². The van der Waals surface area contributed by atoms with Crippen molar-refractivity contribution in [3.63, 3.8) is 0 Å². The van der Waals surface area contributed by atoms with Gasteiger partial charge < -0.3 is 0 Å². The summed E-state index contributed by atoms with van der Waals surface area (Å²) in [5.74, 6) is 0.600. The Kier molecular flexibility index (Phi) is 12.7. The van der Waals surface area contributed by atoms with Gasteiger partial charge in [-0.2, -0.15) is 0 Å². The van der Waals surface area contributed by atoms with Crippen molar-refractivity contribution < 1.29 is 0 Å². The van der Waals surface area contributed by atoms with Gasteiger partial charge in [-0.25, -0.2) is 0 Å². The molecule has 8 aromatic rings. The Morgan fingerprint density at radius 2 is 1.00 bits per heavy atom. The Morgan fingerprint density at radius 3 is 1.50 bits per heavy atom. The van der Waals surface area contributed by atoms with Crippen molar-refractivity contribution >= 4 is 5.57 Å². The largest absolute Gasteiger partial charge is 0.0991 e. The van der Waals surface area contributed by atoms with E-state index in [2.05, 4.69) is 222 Å². The standard InChI is InChI=1S/C64H58/c1-6-9-21-46(8-3)54-37-55(47-22-13-10-14-23-47)40-58(38-54)51-30-32-60(44(4)34-51)64-43-62(45(5)35-63(64)50-28-19-29-50)61-33-31-52(36-53(61)20-7-2)59-41-56(48-24-15-11-16-25-48)39-57(42-59)49-26-17-12-18-27-49/h6,8-18,21-27,30-43,50H,1,7,19-20,28-29H2,2-5H3/b21-9-,46-8+. The molecule has 0 amide bonds. The summed E-state index contributed by atoms with van der Waals surface area (Å²) in [6.07, 6.45) is 14.1. The topological polar surface area (TPSA) is 0 Å². The van der Waals surface area contributed by atoms with E-state index in [1.165, 1.54) is 131 Å². The molecule has 9 rings (SSSR count). The SMILES string of the molecule is C=C/C=C\C(=C/C)c1cc(-c2ccccc2)cc(-c2ccc(-c3cc(-c4ccc(-c5cc(-c6ccccc6)cc(-c6ccccc6)c5)cc4CCC)c(C)cc3C3CCC3)c(C)c2)c1. The van der Waals surface area contributed by atoms with Crippen LogP contribution < -0.4 is 0 Å². The highest BCUT2D eigenvalue weighted by Crippen LogP contribution is 2.46. The number of hydrogen-bond donors (Lipinski definition) is 0. The van der Waals surface area contributed by atoms with Crippen LogP contribution in [-0.2, 0) is 6.42 Å². The summed E-state index contributed by atoms with van der Waals surface area (Å²) in [4.78, 5) is 0. The Bertz CT molecular complexity index is 2930. The van der Waals surface area contributed by atoms with Gasteiger partial charge in [-0.05, 0) is 200 Å². The normalized spacial score (nSPS) is 13.0. The van der Waals surface area contributed by atoms with Crippen molar-refractivity contribution in [1.29, 1.82) is 0 Å². The lowest BCUT2D eigenvalue weighted by atomic mass is 9.75. The maximum atomic E-state index is 3.92. The van der Waals surface area contributed by atoms with Gasteiger partial charge in [0, 0.05) is 0 Å². The molecule has 1 saturated carbocycles. The minimum atomic E-state index is 0.600. The first-order valence-corrected chi connectivity index (χ1v) is 23.2. The Labute approximate surface area is 382 Å². The van der Waals surface area contributed by atoms with E-state index in [1.807, 2.05) is 12.2 Å². The van der Waals surface area contributed by atoms with Gasteiger partial charge in [0.25, 0.3) is 0 Å². The third-order valence-corrected chi connectivity index (χ3v) is 13.3. The predicted molar refractivity (Wildman–Crippen MR) is 278 cm³/mol. The fourth-order valence-electron chi connectivity index (χ4n) is 9.65. The summed E-state index contributed by atoms with van der Waals surface area (Å²) in [6, 6.07) is 65.8. The average Bonchev–Trinajstić information content (AvgIpc) is 3.32. The van der Waals surface area contributed by atoms with Crippen molar-refractivity contribution in [2.75, 3.05) is 0 Å². The van der Waals surface area contributed by atoms with Crippen LogP contribution in [-0.4, -0.2) is 0 Å². The van der Waals surface area contributed by atoms with E-state index in [4.69, 9.17) is 0 Å². The molecule has 64 heavy (non-hydrogen) atoms. The molecule has 0 N–H and O–H groups in total. The van der Waals surface area contributed by atoms with E-state index >= 15 is 0 Å². The lowest BCUT2D eigenvalue weighted by Gasteiger charge is -2.30. The Balaban J connectivity index is 1.14. The molecule has 0 heteroatoms. The molecule has 0 bridgehead atoms. The van der Waals surface area contributed by atoms with Gasteiger partial charge in [-0.1, -0.05) is 184 Å². The zero-order valence-electron chi connectivity index (χ0n) is 37.9. The molecule has 0 atom stereocenters. The molecular weight excluding hydrogens is 769 g/mol. The summed E-state index contributed by atoms with van der Waals surface area (Å²) >= 11 is 0. The smallest absolute Gasteiger partial charge is 0.0140 e. The van der Waals surface area contributed by atoms with Crippen molar-refractivity contribution in [3.05, 3.63) is 235 Å². The van der Waals surface area contributed by atoms with Crippen molar-refractivity contribution in [3.8, 4) is 77.9 Å². The molecule has 8 aromatic carbocycles. The molecule has 0 saturated heterocycles. The number of aryl methyl sites for hydroxylation is 3. The second kappa shape index (κ2) is 19.2. The van der Waals surface area contributed by atoms with Gasteiger partial charge in [-0.15, -0.1) is 0 Å². The number of rotatable bonds is 13. The fourth-order valence-corrected chi connectivity index (χ4v) is 9.65. The monoisotopic (exact) mass is 826 g/mol. The second-order valence-corrected chi connectivity index (χ2v) is 17.6. The van der Waals surface area contributed by atoms with Crippen LogP contribution in [0, 0.1) is 13.8 Å². The molecule has 1 fully saturated rings. The van der Waals surface area contributed by atoms with Gasteiger partial charge >= 0.3 is 0 Å².